The quantitative estimate of drug-likeness (QED) is 0.258. The number of nitriles is 1. The van der Waals surface area contributed by atoms with Crippen LogP contribution in [0.25, 0.3) is 17.4 Å². The van der Waals surface area contributed by atoms with Gasteiger partial charge in [-0.05, 0) is 36.4 Å². The molecule has 0 saturated carbocycles. The number of anilines is 1. The van der Waals surface area contributed by atoms with Crippen LogP contribution in [0.2, 0.25) is 0 Å². The minimum absolute atomic E-state index is 0.100. The Kier molecular flexibility index (Phi) is 5.96. The standard InChI is InChI=1S/C20H14N4O6S/c21-12-14(20(25)23-15-4-7-18(8-5-15)31(22,28)29)11-17-6-9-19(30-17)13-2-1-3-16(10-13)24(26)27/h1-11H,(H,23,25)(H2,22,28,29)/b14-11-. The van der Waals surface area contributed by atoms with Gasteiger partial charge >= 0.3 is 0 Å². The highest BCUT2D eigenvalue weighted by atomic mass is 32.2. The van der Waals surface area contributed by atoms with E-state index in [-0.39, 0.29) is 27.6 Å². The maximum Gasteiger partial charge on any atom is 0.270 e. The van der Waals surface area contributed by atoms with Crippen molar-refractivity contribution < 1.29 is 22.6 Å². The van der Waals surface area contributed by atoms with E-state index in [1.807, 2.05) is 0 Å². The number of nitro benzene ring substituents is 1. The molecule has 0 bridgehead atoms. The molecule has 0 spiro atoms. The third-order valence-corrected chi connectivity index (χ3v) is 4.99. The van der Waals surface area contributed by atoms with E-state index in [1.54, 1.807) is 18.2 Å². The molecule has 1 amide bonds. The number of hydrogen-bond donors (Lipinski definition) is 2. The van der Waals surface area contributed by atoms with E-state index in [2.05, 4.69) is 5.32 Å². The van der Waals surface area contributed by atoms with Gasteiger partial charge in [0.15, 0.2) is 0 Å². The number of furan rings is 1. The number of benzene rings is 2. The Balaban J connectivity index is 1.79. The summed E-state index contributed by atoms with van der Waals surface area (Å²) in [5, 5.41) is 27.7. The molecule has 156 valence electrons. The van der Waals surface area contributed by atoms with Crippen LogP contribution in [0.3, 0.4) is 0 Å². The van der Waals surface area contributed by atoms with Crippen molar-refractivity contribution in [3.05, 3.63) is 82.1 Å². The first-order valence-electron chi connectivity index (χ1n) is 8.58. The average molecular weight is 438 g/mol. The Morgan fingerprint density at radius 2 is 1.87 bits per heavy atom. The number of nitro groups is 1. The molecule has 0 aliphatic rings. The van der Waals surface area contributed by atoms with Gasteiger partial charge in [-0.3, -0.25) is 14.9 Å². The number of non-ortho nitro benzene ring substituents is 1. The first-order valence-corrected chi connectivity index (χ1v) is 10.1. The Bertz CT molecular complexity index is 1330. The predicted octanol–water partition coefficient (Wildman–Crippen LogP) is 3.05. The van der Waals surface area contributed by atoms with Gasteiger partial charge in [0.2, 0.25) is 10.0 Å². The summed E-state index contributed by atoms with van der Waals surface area (Å²) in [4.78, 5) is 22.6. The van der Waals surface area contributed by atoms with Crippen molar-refractivity contribution in [1.29, 1.82) is 5.26 Å². The number of sulfonamides is 1. The van der Waals surface area contributed by atoms with E-state index in [4.69, 9.17) is 9.56 Å². The maximum atomic E-state index is 12.4. The fourth-order valence-corrected chi connectivity index (χ4v) is 3.09. The zero-order valence-electron chi connectivity index (χ0n) is 15.7. The van der Waals surface area contributed by atoms with Crippen LogP contribution in [0.5, 0.6) is 0 Å². The topological polar surface area (TPSA) is 169 Å². The normalized spacial score (nSPS) is 11.5. The molecule has 3 aromatic rings. The van der Waals surface area contributed by atoms with Crippen LogP contribution in [-0.2, 0) is 14.8 Å². The average Bonchev–Trinajstić information content (AvgIpc) is 3.20. The van der Waals surface area contributed by atoms with Gasteiger partial charge in [0.25, 0.3) is 11.6 Å². The molecule has 0 aliphatic heterocycles. The third-order valence-electron chi connectivity index (χ3n) is 4.06. The Hall–Kier alpha value is -4.27. The number of carbonyl (C=O) groups is 1. The summed E-state index contributed by atoms with van der Waals surface area (Å²) in [7, 11) is -3.86. The summed E-state index contributed by atoms with van der Waals surface area (Å²) in [6.45, 7) is 0. The lowest BCUT2D eigenvalue weighted by molar-refractivity contribution is -0.384. The maximum absolute atomic E-state index is 12.4. The third kappa shape index (κ3) is 5.21. The first-order chi connectivity index (χ1) is 14.7. The summed E-state index contributed by atoms with van der Waals surface area (Å²) in [5.74, 6) is -0.219. The van der Waals surface area contributed by atoms with E-state index in [1.165, 1.54) is 54.6 Å². The van der Waals surface area contributed by atoms with E-state index in [0.717, 1.165) is 0 Å². The molecule has 0 fully saturated rings. The van der Waals surface area contributed by atoms with Gasteiger partial charge in [-0.2, -0.15) is 5.26 Å². The Labute approximate surface area is 176 Å². The van der Waals surface area contributed by atoms with Gasteiger partial charge < -0.3 is 9.73 Å². The molecule has 0 radical (unpaired) electrons. The molecule has 0 unspecified atom stereocenters. The molecule has 3 rings (SSSR count). The molecule has 1 aromatic heterocycles. The Morgan fingerprint density at radius 3 is 2.48 bits per heavy atom. The van der Waals surface area contributed by atoms with Crippen LogP contribution in [-0.4, -0.2) is 19.2 Å². The van der Waals surface area contributed by atoms with Crippen LogP contribution >= 0.6 is 0 Å². The summed E-state index contributed by atoms with van der Waals surface area (Å²) < 4.78 is 28.1. The largest absolute Gasteiger partial charge is 0.457 e. The summed E-state index contributed by atoms with van der Waals surface area (Å²) >= 11 is 0. The van der Waals surface area contributed by atoms with Crippen molar-refractivity contribution in [3.8, 4) is 17.4 Å². The Morgan fingerprint density at radius 1 is 1.16 bits per heavy atom. The number of carbonyl (C=O) groups excluding carboxylic acids is 1. The highest BCUT2D eigenvalue weighted by molar-refractivity contribution is 7.89. The van der Waals surface area contributed by atoms with Crippen molar-refractivity contribution >= 4 is 33.4 Å². The molecule has 10 nitrogen and oxygen atoms in total. The fourth-order valence-electron chi connectivity index (χ4n) is 2.58. The lowest BCUT2D eigenvalue weighted by atomic mass is 10.1. The van der Waals surface area contributed by atoms with Crippen LogP contribution in [0.4, 0.5) is 11.4 Å². The molecular formula is C20H14N4O6S. The summed E-state index contributed by atoms with van der Waals surface area (Å²) in [5.41, 5.74) is 0.356. The van der Waals surface area contributed by atoms with Gasteiger partial charge in [0, 0.05) is 29.5 Å². The molecule has 0 aliphatic carbocycles. The van der Waals surface area contributed by atoms with Crippen LogP contribution in [0.15, 0.2) is 75.5 Å². The second-order valence-electron chi connectivity index (χ2n) is 6.20. The molecule has 0 atom stereocenters. The van der Waals surface area contributed by atoms with E-state index in [9.17, 15) is 28.6 Å². The van der Waals surface area contributed by atoms with Crippen LogP contribution in [0.1, 0.15) is 5.76 Å². The van der Waals surface area contributed by atoms with Gasteiger partial charge in [-0.25, -0.2) is 13.6 Å². The zero-order chi connectivity index (χ0) is 22.6. The lowest BCUT2D eigenvalue weighted by Gasteiger charge is -2.05. The van der Waals surface area contributed by atoms with Gasteiger partial charge in [-0.15, -0.1) is 0 Å². The molecule has 3 N–H and O–H groups in total. The number of amides is 1. The second kappa shape index (κ2) is 8.62. The molecule has 0 saturated heterocycles. The monoisotopic (exact) mass is 438 g/mol. The van der Waals surface area contributed by atoms with Gasteiger partial charge in [0.1, 0.15) is 23.2 Å². The van der Waals surface area contributed by atoms with E-state index < -0.39 is 20.9 Å². The van der Waals surface area contributed by atoms with Crippen molar-refractivity contribution in [2.24, 2.45) is 5.14 Å². The smallest absolute Gasteiger partial charge is 0.270 e. The highest BCUT2D eigenvalue weighted by Gasteiger charge is 2.14. The SMILES string of the molecule is N#C/C(=C/c1ccc(-c2cccc([N+](=O)[O-])c2)o1)C(=O)Nc1ccc(S(N)(=O)=O)cc1. The minimum atomic E-state index is -3.86. The predicted molar refractivity (Wildman–Crippen MR) is 111 cm³/mol. The molecule has 31 heavy (non-hydrogen) atoms. The fraction of sp³-hybridized carbons (Fsp3) is 0. The number of primary sulfonamides is 1. The van der Waals surface area contributed by atoms with Crippen LogP contribution < -0.4 is 10.5 Å². The number of nitrogens with zero attached hydrogens (tertiary/aromatic N) is 2. The molecule has 1 heterocycles. The zero-order valence-corrected chi connectivity index (χ0v) is 16.5. The van der Waals surface area contributed by atoms with Gasteiger partial charge in [0.05, 0.1) is 9.82 Å². The second-order valence-corrected chi connectivity index (χ2v) is 7.76. The van der Waals surface area contributed by atoms with Crippen LogP contribution in [0, 0.1) is 21.4 Å². The summed E-state index contributed by atoms with van der Waals surface area (Å²) in [6, 6.07) is 15.8. The number of nitrogens with two attached hydrogens (primary N) is 1. The number of hydrogen-bond acceptors (Lipinski definition) is 7. The molecular weight excluding hydrogens is 424 g/mol. The van der Waals surface area contributed by atoms with Crippen molar-refractivity contribution in [2.45, 2.75) is 4.90 Å². The first kappa shape index (κ1) is 21.4. The minimum Gasteiger partial charge on any atom is -0.457 e. The van der Waals surface area contributed by atoms with Crippen molar-refractivity contribution in [3.63, 3.8) is 0 Å². The van der Waals surface area contributed by atoms with Crippen molar-refractivity contribution in [2.75, 3.05) is 5.32 Å². The number of rotatable bonds is 6. The van der Waals surface area contributed by atoms with Crippen molar-refractivity contribution in [1.82, 2.24) is 0 Å². The molecule has 2 aromatic carbocycles. The highest BCUT2D eigenvalue weighted by Crippen LogP contribution is 2.26. The van der Waals surface area contributed by atoms with Gasteiger partial charge in [-0.1, -0.05) is 12.1 Å². The molecule has 11 heteroatoms. The van der Waals surface area contributed by atoms with E-state index >= 15 is 0 Å². The lowest BCUT2D eigenvalue weighted by Crippen LogP contribution is -2.14. The number of nitrogens with one attached hydrogen (secondary N) is 1. The van der Waals surface area contributed by atoms with E-state index in [0.29, 0.717) is 11.3 Å². The summed E-state index contributed by atoms with van der Waals surface area (Å²) in [6.07, 6.45) is 1.22.